The molecule has 1 unspecified atom stereocenters. The van der Waals surface area contributed by atoms with Gasteiger partial charge in [0, 0.05) is 17.7 Å². The topological polar surface area (TPSA) is 111 Å². The zero-order valence-corrected chi connectivity index (χ0v) is 20.9. The number of nitro benzene ring substituents is 1. The number of guanidine groups is 1. The van der Waals surface area contributed by atoms with Crippen LogP contribution in [0.3, 0.4) is 0 Å². The first-order chi connectivity index (χ1) is 15.5. The lowest BCUT2D eigenvalue weighted by atomic mass is 10.1. The number of hydrogen-bond acceptors (Lipinski definition) is 6. The largest absolute Gasteiger partial charge is 0.497 e. The molecule has 0 radical (unpaired) electrons. The average Bonchev–Trinajstić information content (AvgIpc) is 3.34. The lowest BCUT2D eigenvalue weighted by Crippen LogP contribution is -2.38. The molecule has 0 aliphatic rings. The summed E-state index contributed by atoms with van der Waals surface area (Å²) in [6.07, 6.45) is 1.61. The maximum Gasteiger partial charge on any atom is 0.269 e. The van der Waals surface area contributed by atoms with Gasteiger partial charge in [0.15, 0.2) is 5.96 Å². The van der Waals surface area contributed by atoms with Gasteiger partial charge in [-0.3, -0.25) is 10.1 Å². The predicted octanol–water partition coefficient (Wildman–Crippen LogP) is 4.82. The number of furan rings is 1. The van der Waals surface area contributed by atoms with E-state index in [-0.39, 0.29) is 35.7 Å². The van der Waals surface area contributed by atoms with Crippen molar-refractivity contribution in [2.24, 2.45) is 4.99 Å². The second-order valence-corrected chi connectivity index (χ2v) is 7.00. The molecule has 33 heavy (non-hydrogen) atoms. The molecule has 1 aromatic heterocycles. The van der Waals surface area contributed by atoms with E-state index in [1.165, 1.54) is 12.1 Å². The van der Waals surface area contributed by atoms with Crippen LogP contribution in [0.4, 0.5) is 5.69 Å². The molecule has 10 heteroatoms. The molecule has 0 bridgehead atoms. The highest BCUT2D eigenvalue weighted by Gasteiger charge is 2.15. The quantitative estimate of drug-likeness (QED) is 0.126. The molecule has 1 atom stereocenters. The summed E-state index contributed by atoms with van der Waals surface area (Å²) >= 11 is 0. The lowest BCUT2D eigenvalue weighted by Gasteiger charge is -2.21. The molecule has 0 amide bonds. The molecule has 0 aliphatic heterocycles. The molecule has 0 aliphatic carbocycles. The number of benzene rings is 2. The first kappa shape index (κ1) is 26.0. The Morgan fingerprint density at radius 3 is 2.52 bits per heavy atom. The predicted molar refractivity (Wildman–Crippen MR) is 136 cm³/mol. The molecule has 1 heterocycles. The summed E-state index contributed by atoms with van der Waals surface area (Å²) in [4.78, 5) is 15.1. The normalized spacial score (nSPS) is 11.8. The second-order valence-electron chi connectivity index (χ2n) is 7.00. The van der Waals surface area contributed by atoms with Crippen molar-refractivity contribution in [2.75, 3.05) is 14.2 Å². The molecule has 2 aromatic carbocycles. The maximum atomic E-state index is 10.9. The Morgan fingerprint density at radius 1 is 1.15 bits per heavy atom. The van der Waals surface area contributed by atoms with Crippen molar-refractivity contribution < 1.29 is 18.8 Å². The van der Waals surface area contributed by atoms with Crippen LogP contribution in [0.1, 0.15) is 29.9 Å². The smallest absolute Gasteiger partial charge is 0.269 e. The van der Waals surface area contributed by atoms with Gasteiger partial charge in [-0.2, -0.15) is 0 Å². The number of halogens is 1. The van der Waals surface area contributed by atoms with Crippen LogP contribution in [0.15, 0.2) is 70.3 Å². The minimum atomic E-state index is -0.422. The Kier molecular flexibility index (Phi) is 9.98. The van der Waals surface area contributed by atoms with E-state index >= 15 is 0 Å². The number of rotatable bonds is 9. The fraction of sp³-hybridized carbons (Fsp3) is 0.261. The molecule has 0 spiro atoms. The first-order valence-electron chi connectivity index (χ1n) is 10.0. The van der Waals surface area contributed by atoms with E-state index in [0.29, 0.717) is 19.0 Å². The number of nitrogens with zero attached hydrogens (tertiary/aromatic N) is 2. The minimum absolute atomic E-state index is 0. The van der Waals surface area contributed by atoms with Gasteiger partial charge in [-0.1, -0.05) is 12.1 Å². The zero-order chi connectivity index (χ0) is 22.9. The Bertz CT molecular complexity index is 1060. The van der Waals surface area contributed by atoms with Gasteiger partial charge in [-0.15, -0.1) is 24.0 Å². The molecule has 0 fully saturated rings. The maximum absolute atomic E-state index is 10.9. The fourth-order valence-corrected chi connectivity index (χ4v) is 3.09. The van der Waals surface area contributed by atoms with E-state index in [9.17, 15) is 10.1 Å². The first-order valence-corrected chi connectivity index (χ1v) is 10.0. The summed E-state index contributed by atoms with van der Waals surface area (Å²) in [5, 5.41) is 17.5. The standard InChI is InChI=1S/C23H26N4O5.HI/c1-16(21-13-19(30-2)10-11-22(21)31-3)26-23(25-15-20-5-4-12-32-20)24-14-17-6-8-18(9-7-17)27(28)29;/h4-13,16H,14-15H2,1-3H3,(H2,24,25,26);1H. The molecule has 0 saturated carbocycles. The highest BCUT2D eigenvalue weighted by atomic mass is 127. The highest BCUT2D eigenvalue weighted by Crippen LogP contribution is 2.29. The van der Waals surface area contributed by atoms with Crippen molar-refractivity contribution in [1.29, 1.82) is 0 Å². The van der Waals surface area contributed by atoms with E-state index in [2.05, 4.69) is 15.6 Å². The third-order valence-electron chi connectivity index (χ3n) is 4.83. The van der Waals surface area contributed by atoms with Crippen LogP contribution in [0.2, 0.25) is 0 Å². The summed E-state index contributed by atoms with van der Waals surface area (Å²) in [6, 6.07) is 15.5. The van der Waals surface area contributed by atoms with E-state index in [1.54, 1.807) is 32.6 Å². The lowest BCUT2D eigenvalue weighted by molar-refractivity contribution is -0.384. The van der Waals surface area contributed by atoms with Crippen molar-refractivity contribution in [3.8, 4) is 11.5 Å². The number of ether oxygens (including phenoxy) is 2. The highest BCUT2D eigenvalue weighted by molar-refractivity contribution is 14.0. The van der Waals surface area contributed by atoms with Crippen LogP contribution < -0.4 is 20.1 Å². The summed E-state index contributed by atoms with van der Waals surface area (Å²) in [7, 11) is 3.24. The van der Waals surface area contributed by atoms with Crippen LogP contribution >= 0.6 is 24.0 Å². The summed E-state index contributed by atoms with van der Waals surface area (Å²) in [5.74, 6) is 2.77. The fourth-order valence-electron chi connectivity index (χ4n) is 3.09. The molecular weight excluding hydrogens is 539 g/mol. The molecular formula is C23H27IN4O5. The van der Waals surface area contributed by atoms with Gasteiger partial charge in [0.05, 0.1) is 44.5 Å². The van der Waals surface area contributed by atoms with Crippen molar-refractivity contribution in [3.63, 3.8) is 0 Å². The number of non-ortho nitro benzene ring substituents is 1. The number of methoxy groups -OCH3 is 2. The molecule has 176 valence electrons. The molecule has 0 saturated heterocycles. The molecule has 9 nitrogen and oxygen atoms in total. The van der Waals surface area contributed by atoms with Gasteiger partial charge in [0.1, 0.15) is 17.3 Å². The van der Waals surface area contributed by atoms with Crippen LogP contribution in [-0.2, 0) is 13.1 Å². The van der Waals surface area contributed by atoms with E-state index < -0.39 is 4.92 Å². The van der Waals surface area contributed by atoms with Crippen molar-refractivity contribution >= 4 is 35.6 Å². The molecule has 3 aromatic rings. The monoisotopic (exact) mass is 566 g/mol. The van der Waals surface area contributed by atoms with Crippen LogP contribution in [-0.4, -0.2) is 25.1 Å². The summed E-state index contributed by atoms with van der Waals surface area (Å²) < 4.78 is 16.2. The van der Waals surface area contributed by atoms with Crippen molar-refractivity contribution in [2.45, 2.75) is 26.1 Å². The average molecular weight is 566 g/mol. The SMILES string of the molecule is COc1ccc(OC)c(C(C)NC(=NCc2ccc([N+](=O)[O-])cc2)NCc2ccco2)c1.I. The molecule has 2 N–H and O–H groups in total. The van der Waals surface area contributed by atoms with Crippen LogP contribution in [0, 0.1) is 10.1 Å². The molecule has 3 rings (SSSR count). The second kappa shape index (κ2) is 12.7. The van der Waals surface area contributed by atoms with Gasteiger partial charge in [-0.05, 0) is 42.8 Å². The van der Waals surface area contributed by atoms with Crippen molar-refractivity contribution in [3.05, 3.63) is 87.9 Å². The van der Waals surface area contributed by atoms with Gasteiger partial charge >= 0.3 is 0 Å². The van der Waals surface area contributed by atoms with Crippen LogP contribution in [0.5, 0.6) is 11.5 Å². The Labute approximate surface area is 209 Å². The van der Waals surface area contributed by atoms with Crippen LogP contribution in [0.25, 0.3) is 0 Å². The van der Waals surface area contributed by atoms with Gasteiger partial charge in [-0.25, -0.2) is 4.99 Å². The summed E-state index contributed by atoms with van der Waals surface area (Å²) in [5.41, 5.74) is 1.81. The summed E-state index contributed by atoms with van der Waals surface area (Å²) in [6.45, 7) is 2.78. The Hall–Kier alpha value is -3.28. The third kappa shape index (κ3) is 7.38. The Balaban J connectivity index is 0.00000385. The van der Waals surface area contributed by atoms with Gasteiger partial charge in [0.25, 0.3) is 5.69 Å². The Morgan fingerprint density at radius 2 is 1.91 bits per heavy atom. The number of nitro groups is 1. The minimum Gasteiger partial charge on any atom is -0.497 e. The number of hydrogen-bond donors (Lipinski definition) is 2. The number of aliphatic imine (C=N–C) groups is 1. The van der Waals surface area contributed by atoms with E-state index in [0.717, 1.165) is 28.4 Å². The van der Waals surface area contributed by atoms with E-state index in [4.69, 9.17) is 13.9 Å². The zero-order valence-electron chi connectivity index (χ0n) is 18.6. The van der Waals surface area contributed by atoms with Gasteiger partial charge in [0.2, 0.25) is 0 Å². The van der Waals surface area contributed by atoms with E-state index in [1.807, 2.05) is 37.3 Å². The third-order valence-corrected chi connectivity index (χ3v) is 4.83. The van der Waals surface area contributed by atoms with Crippen molar-refractivity contribution in [1.82, 2.24) is 10.6 Å². The number of nitrogens with one attached hydrogen (secondary N) is 2. The van der Waals surface area contributed by atoms with Gasteiger partial charge < -0.3 is 24.5 Å².